The molecule has 3 rings (SSSR count). The lowest BCUT2D eigenvalue weighted by Crippen LogP contribution is -2.33. The topological polar surface area (TPSA) is 55.4 Å². The molecule has 2 aromatic rings. The van der Waals surface area contributed by atoms with Crippen LogP contribution in [0.15, 0.2) is 48.5 Å². The summed E-state index contributed by atoms with van der Waals surface area (Å²) in [6.07, 6.45) is 5.26. The van der Waals surface area contributed by atoms with Crippen molar-refractivity contribution < 1.29 is 13.7 Å². The minimum absolute atomic E-state index is 0.0166. The largest absolute Gasteiger partial charge is 0.497 e. The number of hydrogen-bond donors (Lipinski definition) is 1. The molecule has 27 heavy (non-hydrogen) atoms. The molecule has 2 aromatic carbocycles. The summed E-state index contributed by atoms with van der Waals surface area (Å²) in [6, 6.07) is 15.7. The average Bonchev–Trinajstić information content (AvgIpc) is 2.67. The Labute approximate surface area is 163 Å². The van der Waals surface area contributed by atoms with Crippen LogP contribution in [0.4, 0.5) is 0 Å². The van der Waals surface area contributed by atoms with Gasteiger partial charge in [0.1, 0.15) is 5.75 Å². The number of fused-ring (bicyclic) bond motifs is 1. The van der Waals surface area contributed by atoms with Crippen molar-refractivity contribution in [1.29, 1.82) is 0 Å². The Kier molecular flexibility index (Phi) is 6.67. The SMILES string of the molecule is COc1ccc2c(c1)CCC[C@@H]2CC(=O)N[C@H](C[S@](C)=O)c1ccccc1. The molecular formula is C22H27NO3S. The third kappa shape index (κ3) is 5.19. The molecule has 5 heteroatoms. The average molecular weight is 386 g/mol. The molecule has 0 fully saturated rings. The fourth-order valence-corrected chi connectivity index (χ4v) is 4.59. The Morgan fingerprint density at radius 2 is 2.04 bits per heavy atom. The summed E-state index contributed by atoms with van der Waals surface area (Å²) in [4.78, 5) is 12.8. The van der Waals surface area contributed by atoms with Gasteiger partial charge in [-0.2, -0.15) is 0 Å². The Balaban J connectivity index is 1.71. The van der Waals surface area contributed by atoms with Crippen LogP contribution >= 0.6 is 0 Å². The van der Waals surface area contributed by atoms with E-state index in [1.165, 1.54) is 11.1 Å². The van der Waals surface area contributed by atoms with E-state index in [4.69, 9.17) is 4.74 Å². The van der Waals surface area contributed by atoms with E-state index in [2.05, 4.69) is 17.4 Å². The molecule has 0 unspecified atom stereocenters. The molecule has 0 aromatic heterocycles. The van der Waals surface area contributed by atoms with Gasteiger partial charge in [-0.05, 0) is 54.0 Å². The molecule has 1 aliphatic rings. The Bertz CT molecular complexity index is 806. The Hall–Kier alpha value is -2.14. The zero-order chi connectivity index (χ0) is 19.2. The Morgan fingerprint density at radius 3 is 2.74 bits per heavy atom. The number of rotatable bonds is 7. The summed E-state index contributed by atoms with van der Waals surface area (Å²) in [7, 11) is 0.690. The molecule has 1 N–H and O–H groups in total. The highest BCUT2D eigenvalue weighted by Crippen LogP contribution is 2.36. The van der Waals surface area contributed by atoms with Gasteiger partial charge in [0.05, 0.1) is 13.2 Å². The van der Waals surface area contributed by atoms with Gasteiger partial charge in [-0.1, -0.05) is 36.4 Å². The van der Waals surface area contributed by atoms with Crippen LogP contribution in [0.2, 0.25) is 0 Å². The highest BCUT2D eigenvalue weighted by Gasteiger charge is 2.24. The van der Waals surface area contributed by atoms with Crippen LogP contribution in [0.3, 0.4) is 0 Å². The second-order valence-corrected chi connectivity index (χ2v) is 8.61. The van der Waals surface area contributed by atoms with E-state index in [0.717, 1.165) is 30.6 Å². The van der Waals surface area contributed by atoms with Crippen molar-refractivity contribution in [2.45, 2.75) is 37.6 Å². The minimum atomic E-state index is -0.988. The summed E-state index contributed by atoms with van der Waals surface area (Å²) in [5, 5.41) is 3.11. The van der Waals surface area contributed by atoms with E-state index in [-0.39, 0.29) is 17.9 Å². The lowest BCUT2D eigenvalue weighted by Gasteiger charge is -2.26. The standard InChI is InChI=1S/C22H27NO3S/c1-26-19-11-12-20-17(13-19)9-6-10-18(20)14-22(24)23-21(15-27(2)25)16-7-4-3-5-8-16/h3-5,7-8,11-13,18,21H,6,9-10,14-15H2,1-2H3,(H,23,24)/t18-,21-,27+/m1/s1. The van der Waals surface area contributed by atoms with Crippen LogP contribution in [0.5, 0.6) is 5.75 Å². The zero-order valence-corrected chi connectivity index (χ0v) is 16.8. The van der Waals surface area contributed by atoms with Crippen LogP contribution in [-0.2, 0) is 22.0 Å². The van der Waals surface area contributed by atoms with Crippen molar-refractivity contribution in [3.8, 4) is 5.75 Å². The predicted molar refractivity (Wildman–Crippen MR) is 110 cm³/mol. The lowest BCUT2D eigenvalue weighted by molar-refractivity contribution is -0.122. The zero-order valence-electron chi connectivity index (χ0n) is 15.9. The van der Waals surface area contributed by atoms with Gasteiger partial charge in [0.2, 0.25) is 5.91 Å². The molecule has 0 heterocycles. The van der Waals surface area contributed by atoms with E-state index in [0.29, 0.717) is 12.2 Å². The number of hydrogen-bond acceptors (Lipinski definition) is 3. The van der Waals surface area contributed by atoms with E-state index in [1.807, 2.05) is 36.4 Å². The van der Waals surface area contributed by atoms with Crippen molar-refractivity contribution in [2.75, 3.05) is 19.1 Å². The number of benzene rings is 2. The van der Waals surface area contributed by atoms with Crippen LogP contribution in [0.1, 0.15) is 47.9 Å². The van der Waals surface area contributed by atoms with Crippen molar-refractivity contribution in [3.05, 3.63) is 65.2 Å². The van der Waals surface area contributed by atoms with Crippen molar-refractivity contribution in [2.24, 2.45) is 0 Å². The van der Waals surface area contributed by atoms with Crippen LogP contribution < -0.4 is 10.1 Å². The van der Waals surface area contributed by atoms with Gasteiger partial charge in [-0.25, -0.2) is 0 Å². The number of carbonyl (C=O) groups excluding carboxylic acids is 1. The van der Waals surface area contributed by atoms with E-state index < -0.39 is 10.8 Å². The maximum atomic E-state index is 12.8. The van der Waals surface area contributed by atoms with Crippen molar-refractivity contribution in [1.82, 2.24) is 5.32 Å². The molecule has 0 aliphatic heterocycles. The number of aryl methyl sites for hydroxylation is 1. The van der Waals surface area contributed by atoms with E-state index in [1.54, 1.807) is 13.4 Å². The Morgan fingerprint density at radius 1 is 1.26 bits per heavy atom. The molecule has 0 bridgehead atoms. The maximum absolute atomic E-state index is 12.8. The number of methoxy groups -OCH3 is 1. The summed E-state index contributed by atoms with van der Waals surface area (Å²) < 4.78 is 17.1. The smallest absolute Gasteiger partial charge is 0.221 e. The first-order chi connectivity index (χ1) is 13.1. The molecular weight excluding hydrogens is 358 g/mol. The second kappa shape index (κ2) is 9.18. The van der Waals surface area contributed by atoms with Gasteiger partial charge in [0, 0.05) is 29.2 Å². The van der Waals surface area contributed by atoms with Gasteiger partial charge in [0.25, 0.3) is 0 Å². The minimum Gasteiger partial charge on any atom is -0.497 e. The number of nitrogens with one attached hydrogen (secondary N) is 1. The van der Waals surface area contributed by atoms with Gasteiger partial charge in [-0.15, -0.1) is 0 Å². The number of carbonyl (C=O) groups is 1. The molecule has 1 amide bonds. The summed E-state index contributed by atoms with van der Waals surface area (Å²) in [5.41, 5.74) is 3.54. The monoisotopic (exact) mass is 385 g/mol. The first-order valence-corrected chi connectivity index (χ1v) is 11.1. The normalized spacial score (nSPS) is 18.2. The fourth-order valence-electron chi connectivity index (χ4n) is 3.85. The third-order valence-electron chi connectivity index (χ3n) is 5.16. The first-order valence-electron chi connectivity index (χ1n) is 9.38. The highest BCUT2D eigenvalue weighted by atomic mass is 32.2. The number of amides is 1. The molecule has 0 radical (unpaired) electrons. The van der Waals surface area contributed by atoms with Crippen LogP contribution in [-0.4, -0.2) is 29.2 Å². The van der Waals surface area contributed by atoms with Gasteiger partial charge < -0.3 is 10.1 Å². The molecule has 144 valence electrons. The fraction of sp³-hybridized carbons (Fsp3) is 0.409. The molecule has 3 atom stereocenters. The summed E-state index contributed by atoms with van der Waals surface area (Å²) >= 11 is 0. The predicted octanol–water partition coefficient (Wildman–Crippen LogP) is 3.74. The van der Waals surface area contributed by atoms with E-state index in [9.17, 15) is 9.00 Å². The van der Waals surface area contributed by atoms with Crippen LogP contribution in [0.25, 0.3) is 0 Å². The lowest BCUT2D eigenvalue weighted by atomic mass is 9.81. The molecule has 0 spiro atoms. The quantitative estimate of drug-likeness (QED) is 0.790. The van der Waals surface area contributed by atoms with Gasteiger partial charge in [-0.3, -0.25) is 9.00 Å². The van der Waals surface area contributed by atoms with Gasteiger partial charge >= 0.3 is 0 Å². The van der Waals surface area contributed by atoms with Crippen molar-refractivity contribution >= 4 is 16.7 Å². The molecule has 4 nitrogen and oxygen atoms in total. The van der Waals surface area contributed by atoms with Crippen LogP contribution in [0, 0.1) is 0 Å². The molecule has 0 saturated carbocycles. The second-order valence-electron chi connectivity index (χ2n) is 7.13. The molecule has 1 aliphatic carbocycles. The third-order valence-corrected chi connectivity index (χ3v) is 5.96. The summed E-state index contributed by atoms with van der Waals surface area (Å²) in [6.45, 7) is 0. The summed E-state index contributed by atoms with van der Waals surface area (Å²) in [5.74, 6) is 1.54. The van der Waals surface area contributed by atoms with Gasteiger partial charge in [0.15, 0.2) is 0 Å². The van der Waals surface area contributed by atoms with E-state index >= 15 is 0 Å². The van der Waals surface area contributed by atoms with Crippen molar-refractivity contribution in [3.63, 3.8) is 0 Å². The first kappa shape index (κ1) is 19.6. The number of ether oxygens (including phenoxy) is 1. The maximum Gasteiger partial charge on any atom is 0.221 e. The highest BCUT2D eigenvalue weighted by molar-refractivity contribution is 7.84. The molecule has 0 saturated heterocycles.